The molecule has 0 saturated heterocycles. The predicted octanol–water partition coefficient (Wildman–Crippen LogP) is 5.16. The lowest BCUT2D eigenvalue weighted by Gasteiger charge is -2.15. The SMILES string of the molecule is Clc1ccc(C2=NN=C[SH]2CCCCCCn2ccnc2)c(Cl)c1. The summed E-state index contributed by atoms with van der Waals surface area (Å²) < 4.78 is 2.13. The molecule has 0 bridgehead atoms. The summed E-state index contributed by atoms with van der Waals surface area (Å²) in [6.45, 7) is 1.04. The van der Waals surface area contributed by atoms with Crippen molar-refractivity contribution in [2.45, 2.75) is 32.2 Å². The van der Waals surface area contributed by atoms with Gasteiger partial charge in [-0.2, -0.15) is 16.0 Å². The minimum atomic E-state index is -0.452. The monoisotopic (exact) mass is 382 g/mol. The number of unbranched alkanes of at least 4 members (excludes halogenated alkanes) is 3. The number of aromatic nitrogens is 2. The smallest absolute Gasteiger partial charge is 0.113 e. The second-order valence-electron chi connectivity index (χ2n) is 5.69. The van der Waals surface area contributed by atoms with Crippen LogP contribution in [0.3, 0.4) is 0 Å². The summed E-state index contributed by atoms with van der Waals surface area (Å²) in [5.74, 6) is 1.11. The fourth-order valence-corrected chi connectivity index (χ4v) is 5.06. The number of halogens is 2. The lowest BCUT2D eigenvalue weighted by atomic mass is 10.2. The van der Waals surface area contributed by atoms with E-state index in [0.717, 1.165) is 22.9 Å². The van der Waals surface area contributed by atoms with Crippen molar-refractivity contribution in [1.29, 1.82) is 0 Å². The van der Waals surface area contributed by atoms with Crippen molar-refractivity contribution in [3.63, 3.8) is 0 Å². The van der Waals surface area contributed by atoms with Crippen LogP contribution in [0.5, 0.6) is 0 Å². The van der Waals surface area contributed by atoms with Crippen LogP contribution in [0.25, 0.3) is 0 Å². The zero-order valence-electron chi connectivity index (χ0n) is 13.3. The van der Waals surface area contributed by atoms with E-state index in [1.807, 2.05) is 36.4 Å². The van der Waals surface area contributed by atoms with Gasteiger partial charge in [0.15, 0.2) is 0 Å². The van der Waals surface area contributed by atoms with E-state index in [2.05, 4.69) is 19.8 Å². The van der Waals surface area contributed by atoms with Crippen LogP contribution < -0.4 is 0 Å². The molecule has 0 amide bonds. The first-order chi connectivity index (χ1) is 11.7. The molecule has 1 aliphatic heterocycles. The summed E-state index contributed by atoms with van der Waals surface area (Å²) in [6.07, 6.45) is 10.5. The average molecular weight is 383 g/mol. The third-order valence-corrected chi connectivity index (χ3v) is 6.51. The minimum absolute atomic E-state index is 0.452. The van der Waals surface area contributed by atoms with Gasteiger partial charge >= 0.3 is 0 Å². The molecule has 128 valence electrons. The normalized spacial score (nSPS) is 18.1. The van der Waals surface area contributed by atoms with E-state index in [-0.39, 0.29) is 0 Å². The van der Waals surface area contributed by atoms with Crippen LogP contribution in [-0.4, -0.2) is 25.9 Å². The van der Waals surface area contributed by atoms with Crippen molar-refractivity contribution in [2.75, 3.05) is 5.75 Å². The standard InChI is InChI=1S/C17H20Cl2N4S/c18-14-5-6-15(16(19)11-14)17-22-21-13-24(17)10-4-2-1-3-8-23-9-7-20-12-23/h5-7,9,11-13,24H,1-4,8,10H2. The summed E-state index contributed by atoms with van der Waals surface area (Å²) >= 11 is 12.3. The highest BCUT2D eigenvalue weighted by Crippen LogP contribution is 2.36. The maximum absolute atomic E-state index is 6.31. The number of rotatable bonds is 8. The van der Waals surface area contributed by atoms with E-state index in [4.69, 9.17) is 23.2 Å². The molecule has 1 unspecified atom stereocenters. The third kappa shape index (κ3) is 4.62. The molecule has 2 heterocycles. The van der Waals surface area contributed by atoms with E-state index in [1.54, 1.807) is 6.07 Å². The molecule has 0 saturated carbocycles. The Bertz CT molecular complexity index is 728. The largest absolute Gasteiger partial charge is 0.337 e. The van der Waals surface area contributed by atoms with Crippen LogP contribution in [0.1, 0.15) is 31.2 Å². The highest BCUT2D eigenvalue weighted by Gasteiger charge is 2.19. The van der Waals surface area contributed by atoms with Crippen molar-refractivity contribution in [2.24, 2.45) is 10.2 Å². The van der Waals surface area contributed by atoms with Crippen LogP contribution in [0.2, 0.25) is 10.0 Å². The van der Waals surface area contributed by atoms with Gasteiger partial charge in [-0.25, -0.2) is 4.98 Å². The molecule has 1 atom stereocenters. The Hall–Kier alpha value is -1.30. The first-order valence-electron chi connectivity index (χ1n) is 8.03. The number of nitrogens with zero attached hydrogens (tertiary/aromatic N) is 4. The summed E-state index contributed by atoms with van der Waals surface area (Å²) in [6, 6.07) is 5.56. The molecule has 0 radical (unpaired) electrons. The topological polar surface area (TPSA) is 42.5 Å². The number of thiol groups is 1. The Kier molecular flexibility index (Phi) is 6.35. The predicted molar refractivity (Wildman–Crippen MR) is 106 cm³/mol. The lowest BCUT2D eigenvalue weighted by Crippen LogP contribution is -2.04. The number of aryl methyl sites for hydroxylation is 1. The Labute approximate surface area is 154 Å². The zero-order valence-corrected chi connectivity index (χ0v) is 15.7. The van der Waals surface area contributed by atoms with Crippen LogP contribution in [0.4, 0.5) is 0 Å². The molecule has 0 aliphatic carbocycles. The van der Waals surface area contributed by atoms with E-state index < -0.39 is 10.9 Å². The van der Waals surface area contributed by atoms with E-state index in [9.17, 15) is 0 Å². The van der Waals surface area contributed by atoms with Gasteiger partial charge < -0.3 is 4.57 Å². The highest BCUT2D eigenvalue weighted by molar-refractivity contribution is 8.40. The van der Waals surface area contributed by atoms with Crippen LogP contribution in [-0.2, 0) is 6.54 Å². The highest BCUT2D eigenvalue weighted by atomic mass is 35.5. The molecule has 2 aromatic rings. The number of benzene rings is 1. The van der Waals surface area contributed by atoms with Crippen LogP contribution in [0, 0.1) is 0 Å². The van der Waals surface area contributed by atoms with E-state index >= 15 is 0 Å². The number of imidazole rings is 1. The van der Waals surface area contributed by atoms with Crippen molar-refractivity contribution in [3.8, 4) is 0 Å². The van der Waals surface area contributed by atoms with Gasteiger partial charge in [-0.05, 0) is 36.8 Å². The first kappa shape index (κ1) is 17.5. The third-order valence-electron chi connectivity index (χ3n) is 3.91. The summed E-state index contributed by atoms with van der Waals surface area (Å²) in [4.78, 5) is 4.06. The second kappa shape index (κ2) is 8.70. The molecular formula is C17H20Cl2N4S. The van der Waals surface area contributed by atoms with Crippen molar-refractivity contribution in [3.05, 3.63) is 52.5 Å². The number of hydrogen-bond donors (Lipinski definition) is 1. The Balaban J connectivity index is 1.43. The van der Waals surface area contributed by atoms with Crippen LogP contribution in [0.15, 0.2) is 47.1 Å². The van der Waals surface area contributed by atoms with Gasteiger partial charge in [0, 0.05) is 29.5 Å². The first-order valence-corrected chi connectivity index (χ1v) is 10.4. The van der Waals surface area contributed by atoms with Crippen molar-refractivity contribution >= 4 is 44.7 Å². The second-order valence-corrected chi connectivity index (χ2v) is 8.57. The maximum Gasteiger partial charge on any atom is 0.113 e. The average Bonchev–Trinajstić information content (AvgIpc) is 3.22. The van der Waals surface area contributed by atoms with Gasteiger partial charge in [-0.3, -0.25) is 0 Å². The lowest BCUT2D eigenvalue weighted by molar-refractivity contribution is 0.583. The Morgan fingerprint density at radius 1 is 1.08 bits per heavy atom. The molecule has 1 aromatic carbocycles. The van der Waals surface area contributed by atoms with Gasteiger partial charge in [-0.1, -0.05) is 36.0 Å². The molecule has 4 nitrogen and oxygen atoms in total. The molecule has 0 fully saturated rings. The number of hydrogen-bond acceptors (Lipinski definition) is 3. The molecule has 1 aromatic heterocycles. The van der Waals surface area contributed by atoms with Gasteiger partial charge in [0.2, 0.25) is 0 Å². The molecule has 0 N–H and O–H groups in total. The quantitative estimate of drug-likeness (QED) is 0.497. The van der Waals surface area contributed by atoms with Gasteiger partial charge in [0.1, 0.15) is 5.04 Å². The summed E-state index contributed by atoms with van der Waals surface area (Å²) in [5.41, 5.74) is 2.95. The molecule has 7 heteroatoms. The fraction of sp³-hybridized carbons (Fsp3) is 0.353. The van der Waals surface area contributed by atoms with Gasteiger partial charge in [0.05, 0.1) is 16.9 Å². The summed E-state index contributed by atoms with van der Waals surface area (Å²) in [7, 11) is -0.452. The van der Waals surface area contributed by atoms with E-state index in [1.165, 1.54) is 25.7 Å². The van der Waals surface area contributed by atoms with Gasteiger partial charge in [-0.15, -0.1) is 5.10 Å². The maximum atomic E-state index is 6.31. The van der Waals surface area contributed by atoms with Crippen molar-refractivity contribution in [1.82, 2.24) is 9.55 Å². The Morgan fingerprint density at radius 3 is 2.75 bits per heavy atom. The molecular weight excluding hydrogens is 363 g/mol. The minimum Gasteiger partial charge on any atom is -0.337 e. The van der Waals surface area contributed by atoms with E-state index in [0.29, 0.717) is 10.0 Å². The molecule has 3 rings (SSSR count). The summed E-state index contributed by atoms with van der Waals surface area (Å²) in [5, 5.41) is 10.7. The van der Waals surface area contributed by atoms with Crippen LogP contribution >= 0.6 is 34.1 Å². The zero-order chi connectivity index (χ0) is 16.8. The van der Waals surface area contributed by atoms with Crippen molar-refractivity contribution < 1.29 is 0 Å². The fourth-order valence-electron chi connectivity index (χ4n) is 2.65. The van der Waals surface area contributed by atoms with Gasteiger partial charge in [0.25, 0.3) is 0 Å². The molecule has 0 spiro atoms. The Morgan fingerprint density at radius 2 is 1.96 bits per heavy atom. The molecule has 24 heavy (non-hydrogen) atoms. The molecule has 1 aliphatic rings.